The van der Waals surface area contributed by atoms with Crippen molar-refractivity contribution in [2.45, 2.75) is 45.8 Å². The molecule has 0 radical (unpaired) electrons. The van der Waals surface area contributed by atoms with Gasteiger partial charge in [-0.3, -0.25) is 9.59 Å². The van der Waals surface area contributed by atoms with Crippen LogP contribution in [0, 0.1) is 6.92 Å². The van der Waals surface area contributed by atoms with Crippen LogP contribution in [0.5, 0.6) is 0 Å². The molecule has 9 nitrogen and oxygen atoms in total. The SMILES string of the molecule is Cc1ccccc1CN(C(=O)Cn1nnc2ccccc21)[C@@H](C(=O)Nc1ccc(N2CCOCC2)cc1)c1ccc(C(C)C)cc1. The van der Waals surface area contributed by atoms with Crippen molar-refractivity contribution in [2.24, 2.45) is 0 Å². The van der Waals surface area contributed by atoms with Crippen LogP contribution in [0.2, 0.25) is 0 Å². The van der Waals surface area contributed by atoms with Crippen LogP contribution in [0.1, 0.15) is 48.1 Å². The first kappa shape index (κ1) is 31.0. The van der Waals surface area contributed by atoms with Crippen molar-refractivity contribution < 1.29 is 14.3 Å². The summed E-state index contributed by atoms with van der Waals surface area (Å²) in [5, 5.41) is 11.6. The van der Waals surface area contributed by atoms with Gasteiger partial charge in [-0.05, 0) is 71.5 Å². The third-order valence-electron chi connectivity index (χ3n) is 8.62. The first-order valence-electron chi connectivity index (χ1n) is 15.8. The molecule has 1 saturated heterocycles. The molecule has 9 heteroatoms. The van der Waals surface area contributed by atoms with E-state index in [2.05, 4.69) is 34.4 Å². The van der Waals surface area contributed by atoms with Gasteiger partial charge in [0.1, 0.15) is 18.1 Å². The minimum absolute atomic E-state index is 0.0610. The smallest absolute Gasteiger partial charge is 0.251 e. The average molecular weight is 617 g/mol. The predicted octanol–water partition coefficient (Wildman–Crippen LogP) is 6.11. The van der Waals surface area contributed by atoms with Gasteiger partial charge in [0.05, 0.1) is 18.7 Å². The molecule has 1 fully saturated rings. The molecule has 5 aromatic rings. The second-order valence-electron chi connectivity index (χ2n) is 12.0. The molecule has 46 heavy (non-hydrogen) atoms. The van der Waals surface area contributed by atoms with E-state index in [1.807, 2.05) is 104 Å². The number of fused-ring (bicyclic) bond motifs is 1. The molecule has 0 saturated carbocycles. The number of aryl methyl sites for hydroxylation is 1. The molecule has 236 valence electrons. The number of carbonyl (C=O) groups is 2. The van der Waals surface area contributed by atoms with Crippen LogP contribution in [-0.2, 0) is 27.4 Å². The van der Waals surface area contributed by atoms with Crippen LogP contribution < -0.4 is 10.2 Å². The number of benzene rings is 4. The Morgan fingerprint density at radius 3 is 2.26 bits per heavy atom. The molecule has 1 aliphatic rings. The summed E-state index contributed by atoms with van der Waals surface area (Å²) >= 11 is 0. The van der Waals surface area contributed by atoms with Crippen LogP contribution in [0.25, 0.3) is 11.0 Å². The summed E-state index contributed by atoms with van der Waals surface area (Å²) in [7, 11) is 0. The molecule has 1 aliphatic heterocycles. The van der Waals surface area contributed by atoms with Crippen LogP contribution >= 0.6 is 0 Å². The minimum atomic E-state index is -0.901. The maximum absolute atomic E-state index is 14.4. The van der Waals surface area contributed by atoms with Gasteiger partial charge < -0.3 is 19.9 Å². The Morgan fingerprint density at radius 1 is 0.870 bits per heavy atom. The highest BCUT2D eigenvalue weighted by Gasteiger charge is 2.33. The van der Waals surface area contributed by atoms with E-state index >= 15 is 0 Å². The van der Waals surface area contributed by atoms with Gasteiger partial charge in [0.15, 0.2) is 0 Å². The molecule has 2 amide bonds. The summed E-state index contributed by atoms with van der Waals surface area (Å²) < 4.78 is 7.09. The molecule has 1 aromatic heterocycles. The topological polar surface area (TPSA) is 92.6 Å². The number of carbonyl (C=O) groups excluding carboxylic acids is 2. The van der Waals surface area contributed by atoms with Gasteiger partial charge in [-0.15, -0.1) is 5.10 Å². The third kappa shape index (κ3) is 6.94. The first-order chi connectivity index (χ1) is 22.4. The molecule has 0 bridgehead atoms. The van der Waals surface area contributed by atoms with Gasteiger partial charge in [0, 0.05) is 31.0 Å². The zero-order valence-corrected chi connectivity index (χ0v) is 26.6. The Morgan fingerprint density at radius 2 is 1.54 bits per heavy atom. The predicted molar refractivity (Wildman–Crippen MR) is 181 cm³/mol. The minimum Gasteiger partial charge on any atom is -0.378 e. The molecule has 0 unspecified atom stereocenters. The highest BCUT2D eigenvalue weighted by molar-refractivity contribution is 5.98. The van der Waals surface area contributed by atoms with Crippen molar-refractivity contribution in [3.8, 4) is 0 Å². The Hall–Kier alpha value is -5.02. The van der Waals surface area contributed by atoms with Gasteiger partial charge in [-0.25, -0.2) is 4.68 Å². The summed E-state index contributed by atoms with van der Waals surface area (Å²) in [5.41, 5.74) is 7.11. The van der Waals surface area contributed by atoms with E-state index < -0.39 is 6.04 Å². The zero-order valence-electron chi connectivity index (χ0n) is 26.6. The second-order valence-corrected chi connectivity index (χ2v) is 12.0. The molecule has 2 heterocycles. The van der Waals surface area contributed by atoms with E-state index in [-0.39, 0.29) is 24.9 Å². The molecular weight excluding hydrogens is 576 g/mol. The van der Waals surface area contributed by atoms with Gasteiger partial charge in [0.25, 0.3) is 5.91 Å². The summed E-state index contributed by atoms with van der Waals surface area (Å²) in [5.74, 6) is -0.201. The Kier molecular flexibility index (Phi) is 9.40. The Balaban J connectivity index is 1.36. The van der Waals surface area contributed by atoms with Crippen molar-refractivity contribution >= 4 is 34.2 Å². The standard InChI is InChI=1S/C37H40N6O3/c1-26(2)28-12-14-29(15-13-28)36(37(45)38-31-16-18-32(19-17-31)41-20-22-46-23-21-41)42(24-30-9-5-4-8-27(30)3)35(44)25-43-34-11-7-6-10-33(34)39-40-43/h4-19,26,36H,20-25H2,1-3H3,(H,38,45)/t36-/m1/s1. The largest absolute Gasteiger partial charge is 0.378 e. The van der Waals surface area contributed by atoms with Crippen LogP contribution in [0.3, 0.4) is 0 Å². The van der Waals surface area contributed by atoms with Crippen molar-refractivity contribution in [3.05, 3.63) is 119 Å². The van der Waals surface area contributed by atoms with Crippen molar-refractivity contribution in [3.63, 3.8) is 0 Å². The number of nitrogens with one attached hydrogen (secondary N) is 1. The number of amides is 2. The number of hydrogen-bond donors (Lipinski definition) is 1. The van der Waals surface area contributed by atoms with Crippen molar-refractivity contribution in [1.82, 2.24) is 19.9 Å². The normalized spacial score (nSPS) is 14.0. The summed E-state index contributed by atoms with van der Waals surface area (Å²) in [4.78, 5) is 32.7. The second kappa shape index (κ2) is 14.0. The van der Waals surface area contributed by atoms with E-state index in [9.17, 15) is 9.59 Å². The Bertz CT molecular complexity index is 1790. The fraction of sp³-hybridized carbons (Fsp3) is 0.297. The van der Waals surface area contributed by atoms with E-state index in [4.69, 9.17) is 4.74 Å². The van der Waals surface area contributed by atoms with Gasteiger partial charge in [0.2, 0.25) is 5.91 Å². The molecule has 6 rings (SSSR count). The van der Waals surface area contributed by atoms with Gasteiger partial charge in [-0.1, -0.05) is 79.7 Å². The Labute approximate surface area is 269 Å². The lowest BCUT2D eigenvalue weighted by molar-refractivity contribution is -0.140. The average Bonchev–Trinajstić information content (AvgIpc) is 3.48. The summed E-state index contributed by atoms with van der Waals surface area (Å²) in [6.07, 6.45) is 0. The number of aromatic nitrogens is 3. The first-order valence-corrected chi connectivity index (χ1v) is 15.8. The number of rotatable bonds is 10. The number of para-hydroxylation sites is 1. The van der Waals surface area contributed by atoms with E-state index in [1.54, 1.807) is 9.58 Å². The highest BCUT2D eigenvalue weighted by atomic mass is 16.5. The fourth-order valence-electron chi connectivity index (χ4n) is 5.87. The van der Waals surface area contributed by atoms with Crippen molar-refractivity contribution in [2.75, 3.05) is 36.5 Å². The number of nitrogens with zero attached hydrogens (tertiary/aromatic N) is 5. The third-order valence-corrected chi connectivity index (χ3v) is 8.62. The lowest BCUT2D eigenvalue weighted by Gasteiger charge is -2.32. The molecule has 4 aromatic carbocycles. The molecule has 1 N–H and O–H groups in total. The van der Waals surface area contributed by atoms with Crippen molar-refractivity contribution in [1.29, 1.82) is 0 Å². The molecule has 0 aliphatic carbocycles. The number of hydrogen-bond acceptors (Lipinski definition) is 6. The summed E-state index contributed by atoms with van der Waals surface area (Å²) in [6, 6.07) is 30.5. The van der Waals surface area contributed by atoms with E-state index in [0.717, 1.165) is 46.5 Å². The zero-order chi connectivity index (χ0) is 32.0. The molecular formula is C37H40N6O3. The molecule has 1 atom stereocenters. The maximum atomic E-state index is 14.4. The van der Waals surface area contributed by atoms with Gasteiger partial charge >= 0.3 is 0 Å². The molecule has 0 spiro atoms. The lowest BCUT2D eigenvalue weighted by Crippen LogP contribution is -2.42. The van der Waals surface area contributed by atoms with E-state index in [1.165, 1.54) is 0 Å². The number of anilines is 2. The summed E-state index contributed by atoms with van der Waals surface area (Å²) in [6.45, 7) is 9.54. The highest BCUT2D eigenvalue weighted by Crippen LogP contribution is 2.29. The number of morpholine rings is 1. The maximum Gasteiger partial charge on any atom is 0.251 e. The van der Waals surface area contributed by atoms with Crippen LogP contribution in [0.4, 0.5) is 11.4 Å². The number of ether oxygens (including phenoxy) is 1. The van der Waals surface area contributed by atoms with Crippen LogP contribution in [0.15, 0.2) is 97.1 Å². The van der Waals surface area contributed by atoms with E-state index in [0.29, 0.717) is 30.3 Å². The van der Waals surface area contributed by atoms with Gasteiger partial charge in [-0.2, -0.15) is 0 Å². The monoisotopic (exact) mass is 616 g/mol. The fourth-order valence-corrected chi connectivity index (χ4v) is 5.87. The lowest BCUT2D eigenvalue weighted by atomic mass is 9.97. The van der Waals surface area contributed by atoms with Crippen LogP contribution in [-0.4, -0.2) is 58.0 Å². The quantitative estimate of drug-likeness (QED) is 0.204.